The molecule has 2 aromatic carbocycles. The van der Waals surface area contributed by atoms with Gasteiger partial charge in [-0.2, -0.15) is 36.5 Å². The van der Waals surface area contributed by atoms with Gasteiger partial charge in [-0.25, -0.2) is 4.98 Å². The molecule has 2 aromatic heterocycles. The van der Waals surface area contributed by atoms with Crippen LogP contribution in [-0.4, -0.2) is 65.4 Å². The molecular formula is C28H23F6N7O3S. The standard InChI is InChI=1S/C28H23F6N7O3S/c29-27(30,31)22-21(44-18-4-2-1-3-5-18)7-6-19(39-24(42)20-15-45-25(40-20)16-8-9-37-38-12-16)23(22)41-11-10-35-17(14-41)13-36-26(43)28(32,33)34/h1-9,12,15,17,35H,10-11,13-14H2,(H,36,43)(H,39,42)/t17-/m0/s1. The smallest absolute Gasteiger partial charge is 0.457 e. The van der Waals surface area contributed by atoms with E-state index in [-0.39, 0.29) is 36.8 Å². The van der Waals surface area contributed by atoms with E-state index in [1.165, 1.54) is 40.9 Å². The van der Waals surface area contributed by atoms with Crippen LogP contribution in [0.5, 0.6) is 11.5 Å². The van der Waals surface area contributed by atoms with Crippen molar-refractivity contribution in [2.75, 3.05) is 36.4 Å². The molecule has 0 saturated carbocycles. The Labute approximate surface area is 255 Å². The van der Waals surface area contributed by atoms with Crippen molar-refractivity contribution in [3.05, 3.63) is 77.6 Å². The van der Waals surface area contributed by atoms with E-state index in [1.807, 2.05) is 0 Å². The molecule has 3 heterocycles. The van der Waals surface area contributed by atoms with Crippen LogP contribution in [0, 0.1) is 0 Å². The van der Waals surface area contributed by atoms with E-state index in [4.69, 9.17) is 4.74 Å². The van der Waals surface area contributed by atoms with Gasteiger partial charge in [0.25, 0.3) is 5.91 Å². The number of anilines is 2. The van der Waals surface area contributed by atoms with Crippen molar-refractivity contribution in [1.29, 1.82) is 0 Å². The highest BCUT2D eigenvalue weighted by Gasteiger charge is 2.42. The lowest BCUT2D eigenvalue weighted by Gasteiger charge is -2.38. The highest BCUT2D eigenvalue weighted by Crippen LogP contribution is 2.48. The first kappa shape index (κ1) is 31.6. The van der Waals surface area contributed by atoms with Gasteiger partial charge in [0.1, 0.15) is 27.8 Å². The lowest BCUT2D eigenvalue weighted by molar-refractivity contribution is -0.173. The number of carbonyl (C=O) groups is 2. The molecule has 3 N–H and O–H groups in total. The van der Waals surface area contributed by atoms with Gasteiger partial charge in [-0.05, 0) is 30.3 Å². The number of benzene rings is 2. The molecule has 1 aliphatic heterocycles. The van der Waals surface area contributed by atoms with Gasteiger partial charge < -0.3 is 25.6 Å². The number of thiazole rings is 1. The number of hydrogen-bond donors (Lipinski definition) is 3. The van der Waals surface area contributed by atoms with Crippen molar-refractivity contribution in [3.63, 3.8) is 0 Å². The number of alkyl halides is 6. The van der Waals surface area contributed by atoms with Crippen molar-refractivity contribution >= 4 is 34.5 Å². The van der Waals surface area contributed by atoms with Crippen LogP contribution >= 0.6 is 11.3 Å². The molecule has 5 rings (SSSR count). The molecular weight excluding hydrogens is 628 g/mol. The minimum atomic E-state index is -5.12. The number of ether oxygens (including phenoxy) is 1. The van der Waals surface area contributed by atoms with Gasteiger partial charge >= 0.3 is 18.3 Å². The number of rotatable bonds is 8. The number of nitrogens with zero attached hydrogens (tertiary/aromatic N) is 4. The molecule has 0 spiro atoms. The van der Waals surface area contributed by atoms with Gasteiger partial charge in [0.05, 0.1) is 23.8 Å². The van der Waals surface area contributed by atoms with E-state index in [1.54, 1.807) is 29.6 Å². The summed E-state index contributed by atoms with van der Waals surface area (Å²) in [6, 6.07) is 10.9. The quantitative estimate of drug-likeness (QED) is 0.225. The number of hydrogen-bond acceptors (Lipinski definition) is 9. The molecule has 4 aromatic rings. The van der Waals surface area contributed by atoms with E-state index in [0.29, 0.717) is 10.6 Å². The van der Waals surface area contributed by atoms with E-state index in [0.717, 1.165) is 17.4 Å². The first-order valence-corrected chi connectivity index (χ1v) is 14.1. The van der Waals surface area contributed by atoms with Crippen molar-refractivity contribution in [2.45, 2.75) is 18.4 Å². The van der Waals surface area contributed by atoms with Crippen LogP contribution in [0.15, 0.2) is 66.3 Å². The minimum Gasteiger partial charge on any atom is -0.457 e. The molecule has 0 radical (unpaired) electrons. The molecule has 236 valence electrons. The van der Waals surface area contributed by atoms with Gasteiger partial charge in [-0.1, -0.05) is 18.2 Å². The number of carbonyl (C=O) groups excluding carboxylic acids is 2. The van der Waals surface area contributed by atoms with Crippen molar-refractivity contribution in [1.82, 2.24) is 25.8 Å². The van der Waals surface area contributed by atoms with E-state index in [2.05, 4.69) is 25.8 Å². The van der Waals surface area contributed by atoms with Gasteiger partial charge in [-0.3, -0.25) is 9.59 Å². The maximum Gasteiger partial charge on any atom is 0.471 e. The van der Waals surface area contributed by atoms with Crippen molar-refractivity contribution < 1.29 is 40.7 Å². The average Bonchev–Trinajstić information content (AvgIpc) is 3.51. The zero-order valence-electron chi connectivity index (χ0n) is 22.9. The summed E-state index contributed by atoms with van der Waals surface area (Å²) in [6.45, 7) is -0.699. The van der Waals surface area contributed by atoms with Crippen LogP contribution in [0.2, 0.25) is 0 Å². The first-order valence-electron chi connectivity index (χ1n) is 13.2. The van der Waals surface area contributed by atoms with E-state index >= 15 is 0 Å². The highest BCUT2D eigenvalue weighted by atomic mass is 32.1. The molecule has 0 aliphatic carbocycles. The lowest BCUT2D eigenvalue weighted by atomic mass is 10.0. The highest BCUT2D eigenvalue weighted by molar-refractivity contribution is 7.13. The van der Waals surface area contributed by atoms with Gasteiger partial charge in [0.2, 0.25) is 0 Å². The summed E-state index contributed by atoms with van der Waals surface area (Å²) in [5.74, 6) is -3.40. The predicted octanol–water partition coefficient (Wildman–Crippen LogP) is 5.12. The van der Waals surface area contributed by atoms with Crippen LogP contribution in [0.1, 0.15) is 16.1 Å². The van der Waals surface area contributed by atoms with Gasteiger partial charge in [0, 0.05) is 43.2 Å². The van der Waals surface area contributed by atoms with E-state index < -0.39 is 53.8 Å². The Kier molecular flexibility index (Phi) is 9.19. The molecule has 1 saturated heterocycles. The molecule has 0 unspecified atom stereocenters. The fourth-order valence-electron chi connectivity index (χ4n) is 4.57. The zero-order chi connectivity index (χ0) is 32.2. The third-order valence-electron chi connectivity index (χ3n) is 6.55. The summed E-state index contributed by atoms with van der Waals surface area (Å²) in [6.07, 6.45) is -7.23. The number of piperazine rings is 1. The Morgan fingerprint density at radius 3 is 2.51 bits per heavy atom. The fourth-order valence-corrected chi connectivity index (χ4v) is 5.36. The average molecular weight is 652 g/mol. The van der Waals surface area contributed by atoms with E-state index in [9.17, 15) is 35.9 Å². The Bertz CT molecular complexity index is 1650. The molecule has 10 nitrogen and oxygen atoms in total. The molecule has 1 atom stereocenters. The fraction of sp³-hybridized carbons (Fsp3) is 0.250. The second-order valence-electron chi connectivity index (χ2n) is 9.68. The normalized spacial score (nSPS) is 15.4. The van der Waals surface area contributed by atoms with Crippen LogP contribution in [0.25, 0.3) is 10.6 Å². The third kappa shape index (κ3) is 7.66. The van der Waals surface area contributed by atoms with Crippen molar-refractivity contribution in [2.24, 2.45) is 0 Å². The number of amides is 2. The van der Waals surface area contributed by atoms with Crippen molar-refractivity contribution in [3.8, 4) is 22.1 Å². The maximum absolute atomic E-state index is 14.8. The largest absolute Gasteiger partial charge is 0.471 e. The summed E-state index contributed by atoms with van der Waals surface area (Å²) < 4.78 is 88.4. The van der Waals surface area contributed by atoms with Crippen LogP contribution in [0.3, 0.4) is 0 Å². The summed E-state index contributed by atoms with van der Waals surface area (Å²) in [5, 5.41) is 16.5. The summed E-state index contributed by atoms with van der Waals surface area (Å²) in [5.41, 5.74) is -1.37. The third-order valence-corrected chi connectivity index (χ3v) is 7.44. The summed E-state index contributed by atoms with van der Waals surface area (Å²) >= 11 is 1.12. The maximum atomic E-state index is 14.8. The Morgan fingerprint density at radius 1 is 1.04 bits per heavy atom. The Hall–Kier alpha value is -4.77. The molecule has 1 aliphatic rings. The predicted molar refractivity (Wildman–Crippen MR) is 152 cm³/mol. The van der Waals surface area contributed by atoms with Gasteiger partial charge in [0.15, 0.2) is 0 Å². The number of para-hydroxylation sites is 1. The Balaban J connectivity index is 1.50. The second-order valence-corrected chi connectivity index (χ2v) is 10.5. The molecule has 0 bridgehead atoms. The lowest BCUT2D eigenvalue weighted by Crippen LogP contribution is -2.56. The zero-order valence-corrected chi connectivity index (χ0v) is 23.8. The SMILES string of the molecule is O=C(Nc1ccc(Oc2ccccc2)c(C(F)(F)F)c1N1CCN[C@@H](CNC(=O)C(F)(F)F)C1)c1csc(-c2ccnnc2)n1. The Morgan fingerprint density at radius 2 is 1.82 bits per heavy atom. The molecule has 17 heteroatoms. The minimum absolute atomic E-state index is 0.0135. The first-order chi connectivity index (χ1) is 21.4. The second kappa shape index (κ2) is 13.1. The van der Waals surface area contributed by atoms with Gasteiger partial charge in [-0.15, -0.1) is 11.3 Å². The number of halogens is 6. The summed E-state index contributed by atoms with van der Waals surface area (Å²) in [4.78, 5) is 30.2. The topological polar surface area (TPSA) is 121 Å². The van der Waals surface area contributed by atoms with Crippen LogP contribution < -0.4 is 25.6 Å². The number of aromatic nitrogens is 3. The monoisotopic (exact) mass is 651 g/mol. The van der Waals surface area contributed by atoms with Crippen LogP contribution in [0.4, 0.5) is 37.7 Å². The summed E-state index contributed by atoms with van der Waals surface area (Å²) in [7, 11) is 0. The molecule has 1 fully saturated rings. The molecule has 2 amide bonds. The molecule has 45 heavy (non-hydrogen) atoms. The van der Waals surface area contributed by atoms with Crippen LogP contribution in [-0.2, 0) is 11.0 Å². The number of nitrogens with one attached hydrogen (secondary N) is 3.